The molecule has 0 aromatic heterocycles. The van der Waals surface area contributed by atoms with Gasteiger partial charge in [0.1, 0.15) is 0 Å². The van der Waals surface area contributed by atoms with Crippen molar-refractivity contribution in [1.82, 2.24) is 5.32 Å². The smallest absolute Gasteiger partial charge is 0.253 e. The lowest BCUT2D eigenvalue weighted by Gasteiger charge is -2.14. The average molecular weight is 218 g/mol. The van der Waals surface area contributed by atoms with Crippen LogP contribution in [0.1, 0.15) is 35.7 Å². The zero-order valence-electron chi connectivity index (χ0n) is 9.79. The fourth-order valence-electron chi connectivity index (χ4n) is 1.87. The standard InChI is InChI=1S/C13H18N2O/c1-8-3-6-12(14)11(7-8)13(16)15-9(2)10-4-5-10/h3,6-7,9-10H,4-5,14H2,1-2H3,(H,15,16). The minimum atomic E-state index is -0.0550. The SMILES string of the molecule is Cc1ccc(N)c(C(=O)NC(C)C2CC2)c1. The van der Waals surface area contributed by atoms with Crippen LogP contribution >= 0.6 is 0 Å². The van der Waals surface area contributed by atoms with E-state index in [-0.39, 0.29) is 11.9 Å². The molecule has 0 bridgehead atoms. The minimum absolute atomic E-state index is 0.0550. The number of hydrogen-bond donors (Lipinski definition) is 2. The van der Waals surface area contributed by atoms with E-state index < -0.39 is 0 Å². The number of rotatable bonds is 3. The molecule has 0 spiro atoms. The van der Waals surface area contributed by atoms with Crippen LogP contribution < -0.4 is 11.1 Å². The summed E-state index contributed by atoms with van der Waals surface area (Å²) in [6.07, 6.45) is 2.45. The van der Waals surface area contributed by atoms with Gasteiger partial charge in [0.15, 0.2) is 0 Å². The maximum Gasteiger partial charge on any atom is 0.253 e. The Bertz CT molecular complexity index is 410. The van der Waals surface area contributed by atoms with Crippen LogP contribution in [0.3, 0.4) is 0 Å². The maximum absolute atomic E-state index is 12.0. The van der Waals surface area contributed by atoms with E-state index in [4.69, 9.17) is 5.73 Å². The third kappa shape index (κ3) is 2.35. The zero-order valence-corrected chi connectivity index (χ0v) is 9.79. The number of nitrogens with two attached hydrogens (primary N) is 1. The van der Waals surface area contributed by atoms with Crippen LogP contribution in [0.15, 0.2) is 18.2 Å². The van der Waals surface area contributed by atoms with E-state index in [1.807, 2.05) is 19.1 Å². The van der Waals surface area contributed by atoms with Crippen molar-refractivity contribution in [3.63, 3.8) is 0 Å². The number of nitrogens with one attached hydrogen (secondary N) is 1. The van der Waals surface area contributed by atoms with Crippen LogP contribution in [-0.2, 0) is 0 Å². The molecule has 0 aliphatic heterocycles. The number of carbonyl (C=O) groups is 1. The van der Waals surface area contributed by atoms with Crippen LogP contribution in [0, 0.1) is 12.8 Å². The fraction of sp³-hybridized carbons (Fsp3) is 0.462. The molecule has 3 N–H and O–H groups in total. The molecule has 1 fully saturated rings. The molecule has 1 saturated carbocycles. The summed E-state index contributed by atoms with van der Waals surface area (Å²) in [7, 11) is 0. The van der Waals surface area contributed by atoms with E-state index in [1.165, 1.54) is 12.8 Å². The summed E-state index contributed by atoms with van der Waals surface area (Å²) in [5.41, 5.74) is 7.99. The summed E-state index contributed by atoms with van der Waals surface area (Å²) in [5.74, 6) is 0.607. The number of carbonyl (C=O) groups excluding carboxylic acids is 1. The molecule has 0 heterocycles. The summed E-state index contributed by atoms with van der Waals surface area (Å²) in [5, 5.41) is 3.01. The number of aryl methyl sites for hydroxylation is 1. The number of nitrogen functional groups attached to an aromatic ring is 1. The lowest BCUT2D eigenvalue weighted by Crippen LogP contribution is -2.34. The first-order chi connectivity index (χ1) is 7.58. The Morgan fingerprint density at radius 1 is 1.50 bits per heavy atom. The third-order valence-corrected chi connectivity index (χ3v) is 3.14. The first kappa shape index (κ1) is 11.0. The van der Waals surface area contributed by atoms with E-state index in [0.717, 1.165) is 5.56 Å². The van der Waals surface area contributed by atoms with E-state index in [2.05, 4.69) is 12.2 Å². The van der Waals surface area contributed by atoms with E-state index in [1.54, 1.807) is 6.07 Å². The van der Waals surface area contributed by atoms with Gasteiger partial charge in [-0.2, -0.15) is 0 Å². The summed E-state index contributed by atoms with van der Waals surface area (Å²) < 4.78 is 0. The monoisotopic (exact) mass is 218 g/mol. The van der Waals surface area contributed by atoms with Gasteiger partial charge in [-0.05, 0) is 44.7 Å². The summed E-state index contributed by atoms with van der Waals surface area (Å²) in [6, 6.07) is 5.79. The molecule has 1 amide bonds. The molecule has 1 unspecified atom stereocenters. The van der Waals surface area contributed by atoms with Gasteiger partial charge >= 0.3 is 0 Å². The van der Waals surface area contributed by atoms with Crippen molar-refractivity contribution in [2.24, 2.45) is 5.92 Å². The average Bonchev–Trinajstić information content (AvgIpc) is 3.04. The summed E-state index contributed by atoms with van der Waals surface area (Å²) in [4.78, 5) is 12.0. The molecule has 3 nitrogen and oxygen atoms in total. The Balaban J connectivity index is 2.10. The Morgan fingerprint density at radius 2 is 2.19 bits per heavy atom. The predicted molar refractivity (Wildman–Crippen MR) is 65.2 cm³/mol. The Morgan fingerprint density at radius 3 is 2.81 bits per heavy atom. The van der Waals surface area contributed by atoms with Gasteiger partial charge in [-0.25, -0.2) is 0 Å². The Labute approximate surface area is 96.0 Å². The number of anilines is 1. The highest BCUT2D eigenvalue weighted by Crippen LogP contribution is 2.32. The van der Waals surface area contributed by atoms with Gasteiger partial charge in [0.2, 0.25) is 0 Å². The summed E-state index contributed by atoms with van der Waals surface area (Å²) in [6.45, 7) is 4.02. The Kier molecular flexibility index (Phi) is 2.86. The van der Waals surface area contributed by atoms with Gasteiger partial charge in [0, 0.05) is 11.7 Å². The molecule has 3 heteroatoms. The van der Waals surface area contributed by atoms with E-state index >= 15 is 0 Å². The molecule has 1 atom stereocenters. The van der Waals surface area contributed by atoms with E-state index in [9.17, 15) is 4.79 Å². The van der Waals surface area contributed by atoms with Gasteiger partial charge in [0.25, 0.3) is 5.91 Å². The van der Waals surface area contributed by atoms with Crippen molar-refractivity contribution in [2.75, 3.05) is 5.73 Å². The second-order valence-electron chi connectivity index (χ2n) is 4.69. The molecule has 0 saturated heterocycles. The minimum Gasteiger partial charge on any atom is -0.398 e. The highest BCUT2D eigenvalue weighted by molar-refractivity contribution is 5.99. The first-order valence-electron chi connectivity index (χ1n) is 5.75. The number of benzene rings is 1. The zero-order chi connectivity index (χ0) is 11.7. The van der Waals surface area contributed by atoms with Crippen LogP contribution in [-0.4, -0.2) is 11.9 Å². The topological polar surface area (TPSA) is 55.1 Å². The maximum atomic E-state index is 12.0. The molecule has 16 heavy (non-hydrogen) atoms. The highest BCUT2D eigenvalue weighted by atomic mass is 16.1. The number of hydrogen-bond acceptors (Lipinski definition) is 2. The second kappa shape index (κ2) is 4.16. The fourth-order valence-corrected chi connectivity index (χ4v) is 1.87. The van der Waals surface area contributed by atoms with E-state index in [0.29, 0.717) is 17.2 Å². The van der Waals surface area contributed by atoms with Crippen molar-refractivity contribution < 1.29 is 4.79 Å². The molecule has 1 aromatic rings. The largest absolute Gasteiger partial charge is 0.398 e. The van der Waals surface area contributed by atoms with Crippen LogP contribution in [0.2, 0.25) is 0 Å². The second-order valence-corrected chi connectivity index (χ2v) is 4.69. The first-order valence-corrected chi connectivity index (χ1v) is 5.75. The molecular weight excluding hydrogens is 200 g/mol. The Hall–Kier alpha value is -1.51. The lowest BCUT2D eigenvalue weighted by molar-refractivity contribution is 0.0936. The van der Waals surface area contributed by atoms with Crippen molar-refractivity contribution in [3.05, 3.63) is 29.3 Å². The molecule has 0 radical (unpaired) electrons. The van der Waals surface area contributed by atoms with Gasteiger partial charge < -0.3 is 11.1 Å². The molecule has 1 aliphatic rings. The van der Waals surface area contributed by atoms with Crippen molar-refractivity contribution in [2.45, 2.75) is 32.7 Å². The molecule has 1 aliphatic carbocycles. The highest BCUT2D eigenvalue weighted by Gasteiger charge is 2.29. The molecule has 1 aromatic carbocycles. The van der Waals surface area contributed by atoms with Gasteiger partial charge in [-0.15, -0.1) is 0 Å². The van der Waals surface area contributed by atoms with Gasteiger partial charge in [-0.3, -0.25) is 4.79 Å². The molecule has 2 rings (SSSR count). The predicted octanol–water partition coefficient (Wildman–Crippen LogP) is 2.11. The quantitative estimate of drug-likeness (QED) is 0.763. The van der Waals surface area contributed by atoms with Crippen LogP contribution in [0.25, 0.3) is 0 Å². The van der Waals surface area contributed by atoms with Crippen molar-refractivity contribution >= 4 is 11.6 Å². The van der Waals surface area contributed by atoms with Crippen LogP contribution in [0.5, 0.6) is 0 Å². The molecule has 86 valence electrons. The van der Waals surface area contributed by atoms with Gasteiger partial charge in [-0.1, -0.05) is 11.6 Å². The summed E-state index contributed by atoms with van der Waals surface area (Å²) >= 11 is 0. The number of amides is 1. The van der Waals surface area contributed by atoms with Crippen molar-refractivity contribution in [1.29, 1.82) is 0 Å². The molecular formula is C13H18N2O. The third-order valence-electron chi connectivity index (χ3n) is 3.14. The van der Waals surface area contributed by atoms with Crippen LogP contribution in [0.4, 0.5) is 5.69 Å². The normalized spacial score (nSPS) is 16.9. The van der Waals surface area contributed by atoms with Crippen molar-refractivity contribution in [3.8, 4) is 0 Å². The lowest BCUT2D eigenvalue weighted by atomic mass is 10.1. The van der Waals surface area contributed by atoms with Gasteiger partial charge in [0.05, 0.1) is 5.56 Å².